The predicted molar refractivity (Wildman–Crippen MR) is 88.8 cm³/mol. The summed E-state index contributed by atoms with van der Waals surface area (Å²) in [6, 6.07) is 6.85. The lowest BCUT2D eigenvalue weighted by atomic mass is 9.95. The van der Waals surface area contributed by atoms with Crippen molar-refractivity contribution in [3.63, 3.8) is 0 Å². The first-order valence-corrected chi connectivity index (χ1v) is 7.05. The molecule has 0 bridgehead atoms. The molecule has 5 nitrogen and oxygen atoms in total. The average molecular weight is 302 g/mol. The van der Waals surface area contributed by atoms with Gasteiger partial charge in [-0.25, -0.2) is 0 Å². The van der Waals surface area contributed by atoms with Gasteiger partial charge in [0.15, 0.2) is 0 Å². The molecule has 0 unspecified atom stereocenters. The number of aromatic amines is 1. The number of hydrogen-bond donors (Lipinski definition) is 2. The maximum Gasteiger partial charge on any atom is 0.248 e. The van der Waals surface area contributed by atoms with Crippen molar-refractivity contribution in [2.75, 3.05) is 14.2 Å². The van der Waals surface area contributed by atoms with Gasteiger partial charge in [0.2, 0.25) is 5.56 Å². The van der Waals surface area contributed by atoms with Gasteiger partial charge in [-0.15, -0.1) is 0 Å². The van der Waals surface area contributed by atoms with E-state index in [0.717, 1.165) is 16.8 Å². The summed E-state index contributed by atoms with van der Waals surface area (Å²) in [5, 5.41) is 8.54. The van der Waals surface area contributed by atoms with E-state index in [4.69, 9.17) is 14.9 Å². The van der Waals surface area contributed by atoms with E-state index in [-0.39, 0.29) is 6.99 Å². The van der Waals surface area contributed by atoms with Crippen molar-refractivity contribution in [1.29, 1.82) is 5.41 Å². The summed E-state index contributed by atoms with van der Waals surface area (Å²) in [5.41, 5.74) is 3.17. The van der Waals surface area contributed by atoms with Gasteiger partial charge in [0.25, 0.3) is 0 Å². The molecule has 2 rings (SSSR count). The van der Waals surface area contributed by atoms with Crippen LogP contribution in [-0.4, -0.2) is 24.9 Å². The maximum atomic E-state index is 11.6. The molecular formula is C17H22N2O3. The van der Waals surface area contributed by atoms with Crippen LogP contribution in [0.5, 0.6) is 11.5 Å². The molecular weight excluding hydrogens is 280 g/mol. The van der Waals surface area contributed by atoms with Gasteiger partial charge < -0.3 is 14.5 Å². The normalized spacial score (nSPS) is 10.4. The zero-order chi connectivity index (χ0) is 16.3. The van der Waals surface area contributed by atoms with Crippen LogP contribution < -0.4 is 15.0 Å². The third-order valence-electron chi connectivity index (χ3n) is 3.56. The molecule has 5 heteroatoms. The second-order valence-corrected chi connectivity index (χ2v) is 5.00. The number of H-pyrrole nitrogens is 1. The van der Waals surface area contributed by atoms with Gasteiger partial charge >= 0.3 is 0 Å². The summed E-state index contributed by atoms with van der Waals surface area (Å²) >= 11 is 0. The van der Waals surface area contributed by atoms with Crippen LogP contribution in [-0.2, 0) is 6.42 Å². The molecule has 1 aromatic carbocycles. The van der Waals surface area contributed by atoms with Gasteiger partial charge in [0, 0.05) is 30.4 Å². The first kappa shape index (κ1) is 15.8. The Balaban J connectivity index is 0.00000264. The Hall–Kier alpha value is -2.56. The second kappa shape index (κ2) is 6.47. The number of aromatic nitrogens is 1. The van der Waals surface area contributed by atoms with Crippen LogP contribution in [0.2, 0.25) is 0 Å². The van der Waals surface area contributed by atoms with Gasteiger partial charge in [-0.1, -0.05) is 6.92 Å². The number of pyridine rings is 1. The van der Waals surface area contributed by atoms with Crippen LogP contribution in [0.1, 0.15) is 30.7 Å². The summed E-state index contributed by atoms with van der Waals surface area (Å²) in [6.07, 6.45) is 0.649. The van der Waals surface area contributed by atoms with Crippen LogP contribution in [0.15, 0.2) is 29.1 Å². The molecule has 0 radical (unpaired) electrons. The molecule has 0 fully saturated rings. The number of aryl methyl sites for hydroxylation is 2. The largest absolute Gasteiger partial charge is 0.497 e. The summed E-state index contributed by atoms with van der Waals surface area (Å²) < 4.78 is 10.5. The van der Waals surface area contributed by atoms with Gasteiger partial charge in [-0.05, 0) is 31.0 Å². The summed E-state index contributed by atoms with van der Waals surface area (Å²) in [5.74, 6) is 1.25. The van der Waals surface area contributed by atoms with E-state index in [1.165, 1.54) is 6.07 Å². The van der Waals surface area contributed by atoms with E-state index >= 15 is 0 Å². The van der Waals surface area contributed by atoms with Gasteiger partial charge in [0.1, 0.15) is 11.5 Å². The Morgan fingerprint density at radius 1 is 1.18 bits per heavy atom. The fourth-order valence-electron chi connectivity index (χ4n) is 2.46. The highest BCUT2D eigenvalue weighted by molar-refractivity contribution is 6.12. The fourth-order valence-corrected chi connectivity index (χ4v) is 2.46. The maximum absolute atomic E-state index is 11.6. The van der Waals surface area contributed by atoms with Crippen LogP contribution in [0.25, 0.3) is 0 Å². The molecule has 0 saturated heterocycles. The minimum absolute atomic E-state index is 0. The molecule has 0 aliphatic carbocycles. The highest BCUT2D eigenvalue weighted by Gasteiger charge is 2.15. The molecule has 0 amide bonds. The van der Waals surface area contributed by atoms with E-state index in [0.29, 0.717) is 29.2 Å². The molecule has 0 aliphatic rings. The Morgan fingerprint density at radius 3 is 2.27 bits per heavy atom. The minimum Gasteiger partial charge on any atom is -0.497 e. The van der Waals surface area contributed by atoms with E-state index < -0.39 is 0 Å². The fraction of sp³-hybridized carbons (Fsp3) is 0.294. The molecule has 0 aliphatic heterocycles. The Labute approximate surface area is 130 Å². The monoisotopic (exact) mass is 302 g/mol. The topological polar surface area (TPSA) is 75.2 Å². The van der Waals surface area contributed by atoms with Crippen molar-refractivity contribution in [1.82, 2.24) is 4.98 Å². The molecule has 118 valence electrons. The summed E-state index contributed by atoms with van der Waals surface area (Å²) in [7, 11) is 3.15. The SMILES string of the molecule is CCc1[nH]c(=O)cc(C)c1C(=N)c1cc(OC)cc(OC)c1.[HH]. The Bertz CT molecular complexity index is 747. The van der Waals surface area contributed by atoms with Crippen LogP contribution >= 0.6 is 0 Å². The van der Waals surface area contributed by atoms with E-state index in [2.05, 4.69) is 4.98 Å². The first-order chi connectivity index (χ1) is 10.5. The van der Waals surface area contributed by atoms with Gasteiger partial charge in [-0.2, -0.15) is 0 Å². The lowest BCUT2D eigenvalue weighted by Crippen LogP contribution is -2.16. The third kappa shape index (κ3) is 3.03. The molecule has 1 aromatic heterocycles. The van der Waals surface area contributed by atoms with Crippen molar-refractivity contribution in [2.24, 2.45) is 0 Å². The quantitative estimate of drug-likeness (QED) is 0.834. The number of methoxy groups -OCH3 is 2. The third-order valence-corrected chi connectivity index (χ3v) is 3.56. The minimum atomic E-state index is -0.144. The first-order valence-electron chi connectivity index (χ1n) is 7.05. The number of hydrogen-bond acceptors (Lipinski definition) is 4. The zero-order valence-electron chi connectivity index (χ0n) is 13.2. The second-order valence-electron chi connectivity index (χ2n) is 5.00. The standard InChI is InChI=1S/C17H20N2O3.H2/c1-5-14-16(10(2)6-15(20)19-14)17(18)11-7-12(21-3)9-13(8-11)22-4;/h6-9,18H,5H2,1-4H3,(H,19,20);1H. The van der Waals surface area contributed by atoms with E-state index in [1.54, 1.807) is 32.4 Å². The molecule has 22 heavy (non-hydrogen) atoms. The number of ether oxygens (including phenoxy) is 2. The van der Waals surface area contributed by atoms with Gasteiger partial charge in [-0.3, -0.25) is 10.2 Å². The molecule has 2 N–H and O–H groups in total. The number of rotatable bonds is 5. The Kier molecular flexibility index (Phi) is 4.65. The van der Waals surface area contributed by atoms with Crippen LogP contribution in [0, 0.1) is 12.3 Å². The smallest absolute Gasteiger partial charge is 0.248 e. The highest BCUT2D eigenvalue weighted by Crippen LogP contribution is 2.25. The van der Waals surface area contributed by atoms with Gasteiger partial charge in [0.05, 0.1) is 19.9 Å². The molecule has 1 heterocycles. The van der Waals surface area contributed by atoms with Crippen molar-refractivity contribution in [3.05, 3.63) is 57.0 Å². The van der Waals surface area contributed by atoms with Crippen LogP contribution in [0.4, 0.5) is 0 Å². The van der Waals surface area contributed by atoms with E-state index in [9.17, 15) is 4.79 Å². The lowest BCUT2D eigenvalue weighted by Gasteiger charge is -2.14. The van der Waals surface area contributed by atoms with Crippen molar-refractivity contribution < 1.29 is 10.9 Å². The number of nitrogens with one attached hydrogen (secondary N) is 2. The van der Waals surface area contributed by atoms with Crippen molar-refractivity contribution in [2.45, 2.75) is 20.3 Å². The van der Waals surface area contributed by atoms with E-state index in [1.807, 2.05) is 13.8 Å². The molecule has 0 saturated carbocycles. The molecule has 2 aromatic rings. The average Bonchev–Trinajstić information content (AvgIpc) is 2.52. The van der Waals surface area contributed by atoms with Crippen molar-refractivity contribution >= 4 is 5.71 Å². The molecule has 0 atom stereocenters. The highest BCUT2D eigenvalue weighted by atomic mass is 16.5. The molecule has 0 spiro atoms. The summed E-state index contributed by atoms with van der Waals surface area (Å²) in [4.78, 5) is 14.4. The lowest BCUT2D eigenvalue weighted by molar-refractivity contribution is 0.394. The predicted octanol–water partition coefficient (Wildman–Crippen LogP) is 2.93. The summed E-state index contributed by atoms with van der Waals surface area (Å²) in [6.45, 7) is 3.79. The van der Waals surface area contributed by atoms with Crippen molar-refractivity contribution in [3.8, 4) is 11.5 Å². The zero-order valence-corrected chi connectivity index (χ0v) is 13.2. The van der Waals surface area contributed by atoms with Crippen LogP contribution in [0.3, 0.4) is 0 Å². The number of benzene rings is 1. The Morgan fingerprint density at radius 2 is 1.77 bits per heavy atom.